The second-order valence-corrected chi connectivity index (χ2v) is 9.43. The summed E-state index contributed by atoms with van der Waals surface area (Å²) in [5.74, 6) is 3.12. The van der Waals surface area contributed by atoms with Crippen LogP contribution in [0.5, 0.6) is 0 Å². The monoisotopic (exact) mass is 349 g/mol. The van der Waals surface area contributed by atoms with Crippen LogP contribution in [0.4, 0.5) is 0 Å². The third-order valence-electron chi connectivity index (χ3n) is 5.24. The first-order valence-electron chi connectivity index (χ1n) is 8.61. The molecule has 0 amide bonds. The minimum atomic E-state index is -2.92. The Hall–Kier alpha value is -1.56. The number of nitrogens with zero attached hydrogens (tertiary/aromatic N) is 1. The first kappa shape index (κ1) is 17.3. The van der Waals surface area contributed by atoms with Crippen molar-refractivity contribution in [2.45, 2.75) is 31.7 Å². The van der Waals surface area contributed by atoms with Crippen molar-refractivity contribution in [3.63, 3.8) is 0 Å². The Morgan fingerprint density at radius 1 is 1.38 bits per heavy atom. The molecule has 24 heavy (non-hydrogen) atoms. The molecule has 1 aromatic rings. The highest BCUT2D eigenvalue weighted by Crippen LogP contribution is 2.60. The molecule has 0 radical (unpaired) electrons. The summed E-state index contributed by atoms with van der Waals surface area (Å²) in [5.41, 5.74) is 3.04. The summed E-state index contributed by atoms with van der Waals surface area (Å²) in [6.07, 6.45) is 3.06. The maximum Gasteiger partial charge on any atom is 0.191 e. The van der Waals surface area contributed by atoms with Crippen LogP contribution in [0.2, 0.25) is 0 Å². The number of sulfone groups is 1. The molecule has 6 heteroatoms. The van der Waals surface area contributed by atoms with E-state index in [1.54, 1.807) is 7.05 Å². The van der Waals surface area contributed by atoms with E-state index in [-0.39, 0.29) is 11.8 Å². The van der Waals surface area contributed by atoms with Crippen LogP contribution in [-0.2, 0) is 16.3 Å². The Morgan fingerprint density at radius 2 is 2.12 bits per heavy atom. The molecular weight excluding hydrogens is 322 g/mol. The lowest BCUT2D eigenvalue weighted by Gasteiger charge is -2.18. The summed E-state index contributed by atoms with van der Waals surface area (Å²) in [6.45, 7) is 2.91. The van der Waals surface area contributed by atoms with Gasteiger partial charge < -0.3 is 10.6 Å². The Balaban J connectivity index is 1.45. The molecule has 1 fully saturated rings. The molecule has 1 saturated carbocycles. The van der Waals surface area contributed by atoms with Gasteiger partial charge in [0.15, 0.2) is 5.96 Å². The standard InChI is InChI=1S/C18H27N3O2S/c1-12(8-9-24(3,22)23)21-18(19-2)20-11-16-15-10-13-6-4-5-7-14(13)17(15)16/h4-7,12,15-17H,8-11H2,1-3H3,(H2,19,20,21). The lowest BCUT2D eigenvalue weighted by Crippen LogP contribution is -2.43. The van der Waals surface area contributed by atoms with Gasteiger partial charge in [-0.3, -0.25) is 4.99 Å². The van der Waals surface area contributed by atoms with Gasteiger partial charge in [0.25, 0.3) is 0 Å². The van der Waals surface area contributed by atoms with Crippen LogP contribution in [0.3, 0.4) is 0 Å². The molecule has 2 N–H and O–H groups in total. The van der Waals surface area contributed by atoms with Crippen molar-refractivity contribution >= 4 is 15.8 Å². The molecule has 0 bridgehead atoms. The van der Waals surface area contributed by atoms with E-state index < -0.39 is 9.84 Å². The largest absolute Gasteiger partial charge is 0.356 e. The SMILES string of the molecule is CN=C(NCC1C2Cc3ccccc3C12)NC(C)CCS(C)(=O)=O. The van der Waals surface area contributed by atoms with Gasteiger partial charge in [-0.05, 0) is 48.6 Å². The van der Waals surface area contributed by atoms with Gasteiger partial charge in [-0.2, -0.15) is 0 Å². The van der Waals surface area contributed by atoms with Crippen molar-refractivity contribution in [3.8, 4) is 0 Å². The quantitative estimate of drug-likeness (QED) is 0.604. The molecule has 2 aliphatic carbocycles. The van der Waals surface area contributed by atoms with E-state index in [0.717, 1.165) is 18.4 Å². The third-order valence-corrected chi connectivity index (χ3v) is 6.21. The average Bonchev–Trinajstić information content (AvgIpc) is 3.07. The van der Waals surface area contributed by atoms with E-state index in [0.29, 0.717) is 18.3 Å². The first-order valence-corrected chi connectivity index (χ1v) is 10.7. The van der Waals surface area contributed by atoms with E-state index in [4.69, 9.17) is 0 Å². The zero-order valence-corrected chi connectivity index (χ0v) is 15.4. The van der Waals surface area contributed by atoms with Crippen molar-refractivity contribution in [1.29, 1.82) is 0 Å². The first-order chi connectivity index (χ1) is 11.4. The van der Waals surface area contributed by atoms with Crippen LogP contribution in [0.1, 0.15) is 30.4 Å². The van der Waals surface area contributed by atoms with Crippen molar-refractivity contribution in [1.82, 2.24) is 10.6 Å². The van der Waals surface area contributed by atoms with Crippen molar-refractivity contribution in [2.24, 2.45) is 16.8 Å². The Labute approximate surface area is 144 Å². The average molecular weight is 350 g/mol. The topological polar surface area (TPSA) is 70.6 Å². The second kappa shape index (κ2) is 6.75. The van der Waals surface area contributed by atoms with E-state index in [1.165, 1.54) is 23.8 Å². The molecule has 0 saturated heterocycles. The Kier molecular flexibility index (Phi) is 4.85. The molecule has 1 aromatic carbocycles. The second-order valence-electron chi connectivity index (χ2n) is 7.17. The fraction of sp³-hybridized carbons (Fsp3) is 0.611. The van der Waals surface area contributed by atoms with Gasteiger partial charge in [-0.1, -0.05) is 24.3 Å². The highest BCUT2D eigenvalue weighted by molar-refractivity contribution is 7.90. The molecule has 2 aliphatic rings. The van der Waals surface area contributed by atoms with Gasteiger partial charge in [0.2, 0.25) is 0 Å². The van der Waals surface area contributed by atoms with Crippen molar-refractivity contribution in [2.75, 3.05) is 25.6 Å². The lowest BCUT2D eigenvalue weighted by molar-refractivity contribution is 0.578. The molecule has 4 atom stereocenters. The van der Waals surface area contributed by atoms with Gasteiger partial charge >= 0.3 is 0 Å². The van der Waals surface area contributed by atoms with E-state index in [1.807, 2.05) is 6.92 Å². The van der Waals surface area contributed by atoms with E-state index >= 15 is 0 Å². The fourth-order valence-electron chi connectivity index (χ4n) is 3.87. The smallest absolute Gasteiger partial charge is 0.191 e. The summed E-state index contributed by atoms with van der Waals surface area (Å²) in [4.78, 5) is 4.26. The lowest BCUT2D eigenvalue weighted by atomic mass is 10.0. The summed E-state index contributed by atoms with van der Waals surface area (Å²) in [5, 5.41) is 6.69. The van der Waals surface area contributed by atoms with E-state index in [2.05, 4.69) is 39.9 Å². The summed E-state index contributed by atoms with van der Waals surface area (Å²) < 4.78 is 22.5. The zero-order chi connectivity index (χ0) is 17.3. The predicted octanol–water partition coefficient (Wildman–Crippen LogP) is 1.56. The van der Waals surface area contributed by atoms with Crippen LogP contribution in [0, 0.1) is 11.8 Å². The van der Waals surface area contributed by atoms with Crippen LogP contribution in [-0.4, -0.2) is 46.0 Å². The van der Waals surface area contributed by atoms with Gasteiger partial charge in [-0.25, -0.2) is 8.42 Å². The maximum atomic E-state index is 11.3. The number of benzene rings is 1. The van der Waals surface area contributed by atoms with Crippen LogP contribution < -0.4 is 10.6 Å². The maximum absolute atomic E-state index is 11.3. The normalized spacial score (nSPS) is 26.5. The number of nitrogens with one attached hydrogen (secondary N) is 2. The van der Waals surface area contributed by atoms with Gasteiger partial charge in [0.05, 0.1) is 5.75 Å². The molecule has 0 spiro atoms. The van der Waals surface area contributed by atoms with E-state index in [9.17, 15) is 8.42 Å². The van der Waals surface area contributed by atoms with Crippen LogP contribution in [0.15, 0.2) is 29.3 Å². The molecule has 0 aliphatic heterocycles. The van der Waals surface area contributed by atoms with Crippen molar-refractivity contribution < 1.29 is 8.42 Å². The Morgan fingerprint density at radius 3 is 2.83 bits per heavy atom. The molecule has 4 unspecified atom stereocenters. The molecular formula is C18H27N3O2S. The molecule has 132 valence electrons. The fourth-order valence-corrected chi connectivity index (χ4v) is 4.65. The number of fused-ring (bicyclic) bond motifs is 3. The number of rotatable bonds is 6. The third kappa shape index (κ3) is 3.91. The predicted molar refractivity (Wildman–Crippen MR) is 98.2 cm³/mol. The minimum Gasteiger partial charge on any atom is -0.356 e. The number of hydrogen-bond donors (Lipinski definition) is 2. The minimum absolute atomic E-state index is 0.0744. The number of aliphatic imine (C=N–C) groups is 1. The van der Waals surface area contributed by atoms with Gasteiger partial charge in [0, 0.05) is 25.9 Å². The van der Waals surface area contributed by atoms with Gasteiger partial charge in [0.1, 0.15) is 9.84 Å². The number of guanidine groups is 1. The molecule has 5 nitrogen and oxygen atoms in total. The highest BCUT2D eigenvalue weighted by Gasteiger charge is 2.54. The van der Waals surface area contributed by atoms with Crippen LogP contribution in [0.25, 0.3) is 0 Å². The number of hydrogen-bond acceptors (Lipinski definition) is 3. The Bertz CT molecular complexity index is 730. The van der Waals surface area contributed by atoms with Crippen molar-refractivity contribution in [3.05, 3.63) is 35.4 Å². The summed E-state index contributed by atoms with van der Waals surface area (Å²) in [7, 11) is -1.16. The van der Waals surface area contributed by atoms with Crippen LogP contribution >= 0.6 is 0 Å². The summed E-state index contributed by atoms with van der Waals surface area (Å²) >= 11 is 0. The molecule has 0 aromatic heterocycles. The highest BCUT2D eigenvalue weighted by atomic mass is 32.2. The molecule has 3 rings (SSSR count). The zero-order valence-electron chi connectivity index (χ0n) is 14.6. The summed E-state index contributed by atoms with van der Waals surface area (Å²) in [6, 6.07) is 8.84. The molecule has 0 heterocycles. The van der Waals surface area contributed by atoms with Gasteiger partial charge in [-0.15, -0.1) is 0 Å².